The van der Waals surface area contributed by atoms with E-state index in [0.717, 1.165) is 11.3 Å². The maximum Gasteiger partial charge on any atom is 0.321 e. The van der Waals surface area contributed by atoms with Crippen LogP contribution in [0.25, 0.3) is 0 Å². The number of carbonyl (C=O) groups excluding carboxylic acids is 1. The highest BCUT2D eigenvalue weighted by Crippen LogP contribution is 2.10. The SMILES string of the molecule is CN(C)C(=O)Nc1ccc(CC#N)cc1. The molecule has 0 atom stereocenters. The Morgan fingerprint density at radius 3 is 2.47 bits per heavy atom. The van der Waals surface area contributed by atoms with Gasteiger partial charge in [-0.25, -0.2) is 4.79 Å². The summed E-state index contributed by atoms with van der Waals surface area (Å²) in [6.07, 6.45) is 0.391. The molecule has 2 amide bonds. The van der Waals surface area contributed by atoms with Crippen LogP contribution >= 0.6 is 0 Å². The van der Waals surface area contributed by atoms with Gasteiger partial charge in [-0.3, -0.25) is 0 Å². The molecule has 1 aromatic carbocycles. The molecule has 0 aliphatic rings. The van der Waals surface area contributed by atoms with Crippen molar-refractivity contribution in [2.24, 2.45) is 0 Å². The molecule has 0 saturated carbocycles. The van der Waals surface area contributed by atoms with Gasteiger partial charge in [0.25, 0.3) is 0 Å². The second-order valence-corrected chi connectivity index (χ2v) is 3.36. The summed E-state index contributed by atoms with van der Waals surface area (Å²) < 4.78 is 0. The van der Waals surface area contributed by atoms with Gasteiger partial charge in [-0.05, 0) is 17.7 Å². The van der Waals surface area contributed by atoms with Crippen molar-refractivity contribution >= 4 is 11.7 Å². The molecule has 0 aliphatic heterocycles. The first-order valence-electron chi connectivity index (χ1n) is 4.57. The Hall–Kier alpha value is -2.02. The lowest BCUT2D eigenvalue weighted by Crippen LogP contribution is -2.27. The molecule has 1 aromatic rings. The van der Waals surface area contributed by atoms with Crippen LogP contribution in [0.3, 0.4) is 0 Å². The Morgan fingerprint density at radius 1 is 1.40 bits per heavy atom. The highest BCUT2D eigenvalue weighted by atomic mass is 16.2. The molecule has 0 bridgehead atoms. The van der Waals surface area contributed by atoms with Crippen LogP contribution in [0.15, 0.2) is 24.3 Å². The van der Waals surface area contributed by atoms with Crippen LogP contribution in [0.5, 0.6) is 0 Å². The summed E-state index contributed by atoms with van der Waals surface area (Å²) in [7, 11) is 3.36. The van der Waals surface area contributed by atoms with Crippen molar-refractivity contribution in [1.82, 2.24) is 4.90 Å². The highest BCUT2D eigenvalue weighted by molar-refractivity contribution is 5.88. The summed E-state index contributed by atoms with van der Waals surface area (Å²) in [5.74, 6) is 0. The van der Waals surface area contributed by atoms with Gasteiger partial charge in [0.2, 0.25) is 0 Å². The third-order valence-electron chi connectivity index (χ3n) is 1.89. The maximum atomic E-state index is 11.3. The number of hydrogen-bond acceptors (Lipinski definition) is 2. The summed E-state index contributed by atoms with van der Waals surface area (Å²) in [4.78, 5) is 12.7. The van der Waals surface area contributed by atoms with Gasteiger partial charge in [-0.1, -0.05) is 12.1 Å². The van der Waals surface area contributed by atoms with Gasteiger partial charge in [0.1, 0.15) is 0 Å². The Morgan fingerprint density at radius 2 is 2.00 bits per heavy atom. The molecule has 4 heteroatoms. The lowest BCUT2D eigenvalue weighted by molar-refractivity contribution is 0.230. The molecule has 0 radical (unpaired) electrons. The molecule has 78 valence electrons. The van der Waals surface area contributed by atoms with E-state index in [1.807, 2.05) is 12.1 Å². The quantitative estimate of drug-likeness (QED) is 0.797. The van der Waals surface area contributed by atoms with Crippen molar-refractivity contribution < 1.29 is 4.79 Å². The van der Waals surface area contributed by atoms with Gasteiger partial charge < -0.3 is 10.2 Å². The zero-order valence-corrected chi connectivity index (χ0v) is 8.82. The Bertz CT molecular complexity index is 376. The van der Waals surface area contributed by atoms with E-state index in [1.54, 1.807) is 26.2 Å². The minimum absolute atomic E-state index is 0.164. The summed E-state index contributed by atoms with van der Waals surface area (Å²) >= 11 is 0. The number of nitriles is 1. The molecule has 0 unspecified atom stereocenters. The normalized spacial score (nSPS) is 9.13. The number of amides is 2. The number of rotatable bonds is 2. The maximum absolute atomic E-state index is 11.3. The van der Waals surface area contributed by atoms with Crippen LogP contribution < -0.4 is 5.32 Å². The van der Waals surface area contributed by atoms with Crippen molar-refractivity contribution in [3.8, 4) is 6.07 Å². The second-order valence-electron chi connectivity index (χ2n) is 3.36. The molecular weight excluding hydrogens is 190 g/mol. The first-order chi connectivity index (χ1) is 7.13. The molecule has 0 aromatic heterocycles. The minimum Gasteiger partial charge on any atom is -0.331 e. The predicted octanol–water partition coefficient (Wildman–Crippen LogP) is 1.85. The summed E-state index contributed by atoms with van der Waals surface area (Å²) in [6.45, 7) is 0. The monoisotopic (exact) mass is 203 g/mol. The van der Waals surface area contributed by atoms with E-state index < -0.39 is 0 Å². The van der Waals surface area contributed by atoms with Crippen LogP contribution in [0.1, 0.15) is 5.56 Å². The smallest absolute Gasteiger partial charge is 0.321 e. The van der Waals surface area contributed by atoms with Crippen LogP contribution in [0.4, 0.5) is 10.5 Å². The fraction of sp³-hybridized carbons (Fsp3) is 0.273. The number of nitrogens with zero attached hydrogens (tertiary/aromatic N) is 2. The lowest BCUT2D eigenvalue weighted by atomic mass is 10.1. The molecule has 4 nitrogen and oxygen atoms in total. The molecular formula is C11H13N3O. The lowest BCUT2D eigenvalue weighted by Gasteiger charge is -2.11. The van der Waals surface area contributed by atoms with Gasteiger partial charge in [0.15, 0.2) is 0 Å². The van der Waals surface area contributed by atoms with Crippen molar-refractivity contribution in [1.29, 1.82) is 5.26 Å². The topological polar surface area (TPSA) is 56.1 Å². The largest absolute Gasteiger partial charge is 0.331 e. The fourth-order valence-corrected chi connectivity index (χ4v) is 1.03. The van der Waals surface area contributed by atoms with E-state index in [0.29, 0.717) is 6.42 Å². The van der Waals surface area contributed by atoms with Crippen molar-refractivity contribution in [2.75, 3.05) is 19.4 Å². The second kappa shape index (κ2) is 5.01. The van der Waals surface area contributed by atoms with Crippen molar-refractivity contribution in [3.05, 3.63) is 29.8 Å². The first-order valence-corrected chi connectivity index (χ1v) is 4.57. The Kier molecular flexibility index (Phi) is 3.69. The van der Waals surface area contributed by atoms with E-state index in [9.17, 15) is 4.79 Å². The van der Waals surface area contributed by atoms with Crippen LogP contribution in [0, 0.1) is 11.3 Å². The number of hydrogen-bond donors (Lipinski definition) is 1. The third kappa shape index (κ3) is 3.31. The number of urea groups is 1. The number of carbonyl (C=O) groups is 1. The van der Waals surface area contributed by atoms with Gasteiger partial charge in [0, 0.05) is 19.8 Å². The summed E-state index contributed by atoms with van der Waals surface area (Å²) in [5.41, 5.74) is 1.68. The van der Waals surface area contributed by atoms with Gasteiger partial charge in [0.05, 0.1) is 12.5 Å². The van der Waals surface area contributed by atoms with Crippen molar-refractivity contribution in [2.45, 2.75) is 6.42 Å². The predicted molar refractivity (Wildman–Crippen MR) is 58.5 cm³/mol. The number of anilines is 1. The Labute approximate surface area is 89.1 Å². The molecule has 0 aliphatic carbocycles. The standard InChI is InChI=1S/C11H13N3O/c1-14(2)11(15)13-10-5-3-9(4-6-10)7-8-12/h3-6H,7H2,1-2H3,(H,13,15). The minimum atomic E-state index is -0.164. The van der Waals surface area contributed by atoms with Gasteiger partial charge in [-0.15, -0.1) is 0 Å². The molecule has 0 saturated heterocycles. The molecule has 1 N–H and O–H groups in total. The van der Waals surface area contributed by atoms with E-state index >= 15 is 0 Å². The van der Waals surface area contributed by atoms with Gasteiger partial charge in [-0.2, -0.15) is 5.26 Å². The summed E-state index contributed by atoms with van der Waals surface area (Å²) in [5, 5.41) is 11.2. The molecule has 1 rings (SSSR count). The Balaban J connectivity index is 2.65. The van der Waals surface area contributed by atoms with Crippen LogP contribution in [-0.2, 0) is 6.42 Å². The zero-order valence-electron chi connectivity index (χ0n) is 8.82. The molecule has 0 spiro atoms. The number of benzene rings is 1. The number of nitrogens with one attached hydrogen (secondary N) is 1. The first kappa shape index (κ1) is 11.1. The fourth-order valence-electron chi connectivity index (χ4n) is 1.03. The summed E-state index contributed by atoms with van der Waals surface area (Å²) in [6, 6.07) is 9.13. The van der Waals surface area contributed by atoms with Gasteiger partial charge >= 0.3 is 6.03 Å². The average molecular weight is 203 g/mol. The molecule has 0 heterocycles. The van der Waals surface area contributed by atoms with Crippen LogP contribution in [-0.4, -0.2) is 25.0 Å². The van der Waals surface area contributed by atoms with Crippen LogP contribution in [0.2, 0.25) is 0 Å². The zero-order chi connectivity index (χ0) is 11.3. The van der Waals surface area contributed by atoms with E-state index in [4.69, 9.17) is 5.26 Å². The van der Waals surface area contributed by atoms with E-state index in [-0.39, 0.29) is 6.03 Å². The van der Waals surface area contributed by atoms with Crippen molar-refractivity contribution in [3.63, 3.8) is 0 Å². The van der Waals surface area contributed by atoms with E-state index in [1.165, 1.54) is 4.90 Å². The third-order valence-corrected chi connectivity index (χ3v) is 1.89. The average Bonchev–Trinajstić information content (AvgIpc) is 2.21. The van der Waals surface area contributed by atoms with E-state index in [2.05, 4.69) is 11.4 Å². The molecule has 15 heavy (non-hydrogen) atoms. The highest BCUT2D eigenvalue weighted by Gasteiger charge is 2.02. The molecule has 0 fully saturated rings.